The molecule has 1 aromatic rings. The summed E-state index contributed by atoms with van der Waals surface area (Å²) < 4.78 is 13.7. The number of nitrogens with two attached hydrogens (primary N) is 1. The van der Waals surface area contributed by atoms with E-state index in [0.29, 0.717) is 13.0 Å². The maximum Gasteiger partial charge on any atom is 0.237 e. The number of amidine groups is 1. The van der Waals surface area contributed by atoms with Crippen LogP contribution in [0.5, 0.6) is 0 Å². The molecule has 0 saturated heterocycles. The van der Waals surface area contributed by atoms with Crippen LogP contribution in [0.15, 0.2) is 29.4 Å². The minimum atomic E-state index is -0.760. The number of rotatable bonds is 5. The third-order valence-corrected chi connectivity index (χ3v) is 2.90. The highest BCUT2D eigenvalue weighted by atomic mass is 19.1. The lowest BCUT2D eigenvalue weighted by atomic mass is 10.0. The Labute approximate surface area is 111 Å². The SMILES string of the molecule is CCC(C(=O)N(CC)c1ccccc1F)C(N)=NO. The summed E-state index contributed by atoms with van der Waals surface area (Å²) in [6, 6.07) is 6.02. The first-order valence-electron chi connectivity index (χ1n) is 6.10. The van der Waals surface area contributed by atoms with E-state index in [2.05, 4.69) is 5.16 Å². The summed E-state index contributed by atoms with van der Waals surface area (Å²) in [5.41, 5.74) is 5.69. The summed E-state index contributed by atoms with van der Waals surface area (Å²) in [6.45, 7) is 3.79. The van der Waals surface area contributed by atoms with Crippen LogP contribution in [0.4, 0.5) is 10.1 Å². The van der Waals surface area contributed by atoms with Gasteiger partial charge in [-0.15, -0.1) is 0 Å². The van der Waals surface area contributed by atoms with E-state index in [1.54, 1.807) is 26.0 Å². The first-order valence-corrected chi connectivity index (χ1v) is 6.10. The third kappa shape index (κ3) is 3.21. The number of hydrogen-bond acceptors (Lipinski definition) is 3. The highest BCUT2D eigenvalue weighted by molar-refractivity contribution is 6.08. The Balaban J connectivity index is 3.10. The molecule has 0 radical (unpaired) electrons. The monoisotopic (exact) mass is 267 g/mol. The lowest BCUT2D eigenvalue weighted by Crippen LogP contribution is -2.42. The molecule has 0 bridgehead atoms. The fourth-order valence-electron chi connectivity index (χ4n) is 1.88. The smallest absolute Gasteiger partial charge is 0.237 e. The van der Waals surface area contributed by atoms with Crippen molar-refractivity contribution in [3.63, 3.8) is 0 Å². The van der Waals surface area contributed by atoms with Gasteiger partial charge in [-0.2, -0.15) is 0 Å². The van der Waals surface area contributed by atoms with Crippen molar-refractivity contribution >= 4 is 17.4 Å². The lowest BCUT2D eigenvalue weighted by Gasteiger charge is -2.25. The zero-order valence-electron chi connectivity index (χ0n) is 11.0. The van der Waals surface area contributed by atoms with Crippen LogP contribution < -0.4 is 10.6 Å². The van der Waals surface area contributed by atoms with Crippen LogP contribution in [0.25, 0.3) is 0 Å². The van der Waals surface area contributed by atoms with E-state index in [-0.39, 0.29) is 17.4 Å². The molecule has 0 heterocycles. The standard InChI is InChI=1S/C13H18FN3O2/c1-3-9(12(15)16-19)13(18)17(4-2)11-8-6-5-7-10(11)14/h5-9,19H,3-4H2,1-2H3,(H2,15,16). The van der Waals surface area contributed by atoms with Crippen molar-refractivity contribution in [1.82, 2.24) is 0 Å². The average molecular weight is 267 g/mol. The van der Waals surface area contributed by atoms with Crippen molar-refractivity contribution in [2.45, 2.75) is 20.3 Å². The maximum atomic E-state index is 13.7. The highest BCUT2D eigenvalue weighted by Crippen LogP contribution is 2.21. The molecule has 0 fully saturated rings. The molecule has 0 spiro atoms. The second-order valence-electron chi connectivity index (χ2n) is 4.02. The van der Waals surface area contributed by atoms with Crippen molar-refractivity contribution in [3.05, 3.63) is 30.1 Å². The van der Waals surface area contributed by atoms with Crippen molar-refractivity contribution in [3.8, 4) is 0 Å². The van der Waals surface area contributed by atoms with E-state index in [4.69, 9.17) is 10.9 Å². The number of carbonyl (C=O) groups is 1. The molecule has 1 aromatic carbocycles. The summed E-state index contributed by atoms with van der Waals surface area (Å²) in [5, 5.41) is 11.5. The molecule has 1 atom stereocenters. The molecule has 5 nitrogen and oxygen atoms in total. The summed E-state index contributed by atoms with van der Waals surface area (Å²) in [4.78, 5) is 13.6. The van der Waals surface area contributed by atoms with Crippen LogP contribution in [0, 0.1) is 11.7 Å². The van der Waals surface area contributed by atoms with Gasteiger partial charge < -0.3 is 15.8 Å². The number of carbonyl (C=O) groups excluding carboxylic acids is 1. The van der Waals surface area contributed by atoms with E-state index in [9.17, 15) is 9.18 Å². The average Bonchev–Trinajstić information content (AvgIpc) is 2.42. The number of halogens is 1. The molecule has 0 aliphatic rings. The van der Waals surface area contributed by atoms with E-state index in [1.165, 1.54) is 17.0 Å². The Kier molecular flexibility index (Phi) is 5.29. The van der Waals surface area contributed by atoms with E-state index >= 15 is 0 Å². The first-order chi connectivity index (χ1) is 9.06. The first kappa shape index (κ1) is 14.9. The number of amides is 1. The van der Waals surface area contributed by atoms with Gasteiger partial charge in [-0.05, 0) is 25.5 Å². The van der Waals surface area contributed by atoms with Crippen LogP contribution in [-0.4, -0.2) is 23.5 Å². The Hall–Kier alpha value is -2.11. The molecule has 6 heteroatoms. The molecule has 3 N–H and O–H groups in total. The molecule has 0 aromatic heterocycles. The highest BCUT2D eigenvalue weighted by Gasteiger charge is 2.27. The van der Waals surface area contributed by atoms with Crippen LogP contribution in [0.3, 0.4) is 0 Å². The van der Waals surface area contributed by atoms with E-state index < -0.39 is 11.7 Å². The molecule has 1 amide bonds. The van der Waals surface area contributed by atoms with Gasteiger partial charge in [0, 0.05) is 6.54 Å². The third-order valence-electron chi connectivity index (χ3n) is 2.90. The number of benzene rings is 1. The minimum absolute atomic E-state index is 0.165. The number of oxime groups is 1. The second kappa shape index (κ2) is 6.72. The van der Waals surface area contributed by atoms with Crippen LogP contribution in [0.1, 0.15) is 20.3 Å². The Bertz CT molecular complexity index is 477. The van der Waals surface area contributed by atoms with Crippen molar-refractivity contribution < 1.29 is 14.4 Å². The van der Waals surface area contributed by atoms with Crippen molar-refractivity contribution in [1.29, 1.82) is 0 Å². The van der Waals surface area contributed by atoms with Gasteiger partial charge in [-0.3, -0.25) is 4.79 Å². The Morgan fingerprint density at radius 2 is 2.11 bits per heavy atom. The molecule has 0 saturated carbocycles. The minimum Gasteiger partial charge on any atom is -0.409 e. The lowest BCUT2D eigenvalue weighted by molar-refractivity contribution is -0.120. The molecular formula is C13H18FN3O2. The van der Waals surface area contributed by atoms with Crippen molar-refractivity contribution in [2.75, 3.05) is 11.4 Å². The quantitative estimate of drug-likeness (QED) is 0.370. The van der Waals surface area contributed by atoms with Gasteiger partial charge in [0.25, 0.3) is 0 Å². The molecule has 0 aliphatic carbocycles. The van der Waals surface area contributed by atoms with Crippen molar-refractivity contribution in [2.24, 2.45) is 16.8 Å². The van der Waals surface area contributed by atoms with Crippen LogP contribution >= 0.6 is 0 Å². The summed E-state index contributed by atoms with van der Waals surface area (Å²) in [7, 11) is 0. The summed E-state index contributed by atoms with van der Waals surface area (Å²) in [5.74, 6) is -1.79. The zero-order valence-corrected chi connectivity index (χ0v) is 11.0. The van der Waals surface area contributed by atoms with E-state index in [1.807, 2.05) is 0 Å². The normalized spacial score (nSPS) is 13.1. The van der Waals surface area contributed by atoms with Gasteiger partial charge in [0.15, 0.2) is 5.84 Å². The topological polar surface area (TPSA) is 78.9 Å². The predicted molar refractivity (Wildman–Crippen MR) is 71.6 cm³/mol. The van der Waals surface area contributed by atoms with Gasteiger partial charge in [-0.1, -0.05) is 24.2 Å². The second-order valence-corrected chi connectivity index (χ2v) is 4.02. The number of anilines is 1. The van der Waals surface area contributed by atoms with Gasteiger partial charge in [-0.25, -0.2) is 4.39 Å². The van der Waals surface area contributed by atoms with E-state index in [0.717, 1.165) is 0 Å². The van der Waals surface area contributed by atoms with Crippen LogP contribution in [0.2, 0.25) is 0 Å². The number of nitrogens with zero attached hydrogens (tertiary/aromatic N) is 2. The molecule has 104 valence electrons. The maximum absolute atomic E-state index is 13.7. The van der Waals surface area contributed by atoms with Crippen LogP contribution in [-0.2, 0) is 4.79 Å². The number of hydrogen-bond donors (Lipinski definition) is 2. The number of para-hydroxylation sites is 1. The largest absolute Gasteiger partial charge is 0.409 e. The predicted octanol–water partition coefficient (Wildman–Crippen LogP) is 1.95. The molecule has 1 unspecified atom stereocenters. The molecule has 0 aliphatic heterocycles. The fraction of sp³-hybridized carbons (Fsp3) is 0.385. The van der Waals surface area contributed by atoms with Gasteiger partial charge in [0.05, 0.1) is 11.6 Å². The van der Waals surface area contributed by atoms with Gasteiger partial charge in [0.1, 0.15) is 5.82 Å². The molecule has 1 rings (SSSR count). The fourth-order valence-corrected chi connectivity index (χ4v) is 1.88. The zero-order chi connectivity index (χ0) is 14.4. The van der Waals surface area contributed by atoms with Gasteiger partial charge in [0.2, 0.25) is 5.91 Å². The molecule has 19 heavy (non-hydrogen) atoms. The Morgan fingerprint density at radius 3 is 2.58 bits per heavy atom. The summed E-state index contributed by atoms with van der Waals surface area (Å²) >= 11 is 0. The van der Waals surface area contributed by atoms with Gasteiger partial charge >= 0.3 is 0 Å². The Morgan fingerprint density at radius 1 is 1.47 bits per heavy atom. The summed E-state index contributed by atoms with van der Waals surface area (Å²) in [6.07, 6.45) is 0.375. The molecular weight excluding hydrogens is 249 g/mol.